The quantitative estimate of drug-likeness (QED) is 0.278. The van der Waals surface area contributed by atoms with E-state index in [4.69, 9.17) is 4.74 Å². The maximum absolute atomic E-state index is 12.6. The van der Waals surface area contributed by atoms with Gasteiger partial charge in [-0.25, -0.2) is 10.2 Å². The molecule has 0 amide bonds. The van der Waals surface area contributed by atoms with Gasteiger partial charge >= 0.3 is 5.69 Å². The van der Waals surface area contributed by atoms with Crippen molar-refractivity contribution in [3.8, 4) is 5.75 Å². The van der Waals surface area contributed by atoms with Crippen molar-refractivity contribution in [2.24, 2.45) is 12.1 Å². The van der Waals surface area contributed by atoms with Gasteiger partial charge in [0.2, 0.25) is 5.95 Å². The fourth-order valence-electron chi connectivity index (χ4n) is 3.35. The predicted octanol–water partition coefficient (Wildman–Crippen LogP) is 1.70. The molecule has 1 atom stereocenters. The molecule has 2 aromatic carbocycles. The molecule has 4 aromatic rings. The number of rotatable bonds is 8. The highest BCUT2D eigenvalue weighted by atomic mass is 16.5. The summed E-state index contributed by atoms with van der Waals surface area (Å²) in [5.41, 5.74) is 3.62. The Balaban J connectivity index is 1.66. The molecular weight excluding hydrogens is 424 g/mol. The average molecular weight is 448 g/mol. The summed E-state index contributed by atoms with van der Waals surface area (Å²) in [5.74, 6) is 0.833. The Kier molecular flexibility index (Phi) is 6.36. The Morgan fingerprint density at radius 1 is 1.15 bits per heavy atom. The van der Waals surface area contributed by atoms with Crippen LogP contribution >= 0.6 is 0 Å². The zero-order valence-electron chi connectivity index (χ0n) is 18.2. The van der Waals surface area contributed by atoms with Gasteiger partial charge in [-0.3, -0.25) is 14.3 Å². The third-order valence-corrected chi connectivity index (χ3v) is 5.10. The van der Waals surface area contributed by atoms with Gasteiger partial charge in [-0.2, -0.15) is 10.1 Å². The van der Waals surface area contributed by atoms with Crippen LogP contribution in [-0.4, -0.2) is 42.6 Å². The van der Waals surface area contributed by atoms with E-state index in [2.05, 4.69) is 20.5 Å². The number of aromatic nitrogens is 4. The van der Waals surface area contributed by atoms with Crippen LogP contribution in [0.5, 0.6) is 5.75 Å². The Bertz CT molecular complexity index is 1390. The van der Waals surface area contributed by atoms with E-state index in [9.17, 15) is 14.7 Å². The first-order valence-corrected chi connectivity index (χ1v) is 10.3. The SMILES string of the molecule is C/C(=N/Nc1nc2c(c(=O)[nH]c(=O)n2C)n1CC(O)COc1ccccc1)c1ccccc1. The van der Waals surface area contributed by atoms with Gasteiger partial charge in [-0.05, 0) is 24.6 Å². The number of nitrogens with zero attached hydrogens (tertiary/aromatic N) is 4. The summed E-state index contributed by atoms with van der Waals surface area (Å²) >= 11 is 0. The molecule has 0 fully saturated rings. The first-order chi connectivity index (χ1) is 15.9. The van der Waals surface area contributed by atoms with Crippen molar-refractivity contribution in [1.82, 2.24) is 19.1 Å². The number of hydrogen-bond donors (Lipinski definition) is 3. The lowest BCUT2D eigenvalue weighted by Gasteiger charge is -2.15. The third-order valence-electron chi connectivity index (χ3n) is 5.10. The number of aryl methyl sites for hydroxylation is 1. The molecule has 170 valence electrons. The van der Waals surface area contributed by atoms with Crippen LogP contribution in [0.2, 0.25) is 0 Å². The maximum Gasteiger partial charge on any atom is 0.329 e. The van der Waals surface area contributed by atoms with E-state index in [0.717, 1.165) is 5.56 Å². The van der Waals surface area contributed by atoms with Gasteiger partial charge in [0.15, 0.2) is 11.2 Å². The first-order valence-electron chi connectivity index (χ1n) is 10.3. The highest BCUT2D eigenvalue weighted by molar-refractivity contribution is 5.99. The molecule has 2 heterocycles. The lowest BCUT2D eigenvalue weighted by Crippen LogP contribution is -2.30. The Labute approximate surface area is 188 Å². The second-order valence-electron chi connectivity index (χ2n) is 7.49. The Hall–Kier alpha value is -4.18. The number of nitrogens with one attached hydrogen (secondary N) is 2. The molecule has 0 radical (unpaired) electrons. The van der Waals surface area contributed by atoms with Crippen LogP contribution < -0.4 is 21.4 Å². The number of aromatic amines is 1. The molecule has 0 aliphatic rings. The molecule has 3 N–H and O–H groups in total. The van der Waals surface area contributed by atoms with Crippen LogP contribution in [0.25, 0.3) is 11.2 Å². The largest absolute Gasteiger partial charge is 0.491 e. The van der Waals surface area contributed by atoms with E-state index in [1.54, 1.807) is 12.1 Å². The van der Waals surface area contributed by atoms with E-state index >= 15 is 0 Å². The molecule has 0 saturated heterocycles. The summed E-state index contributed by atoms with van der Waals surface area (Å²) in [4.78, 5) is 31.3. The molecule has 0 saturated carbocycles. The molecule has 1 unspecified atom stereocenters. The number of hydrazone groups is 1. The highest BCUT2D eigenvalue weighted by Crippen LogP contribution is 2.17. The molecule has 0 aliphatic carbocycles. The number of para-hydroxylation sites is 1. The molecular formula is C23H24N6O4. The van der Waals surface area contributed by atoms with Crippen molar-refractivity contribution in [2.45, 2.75) is 19.6 Å². The fourth-order valence-corrected chi connectivity index (χ4v) is 3.35. The average Bonchev–Trinajstić information content (AvgIpc) is 3.19. The smallest absolute Gasteiger partial charge is 0.329 e. The second kappa shape index (κ2) is 9.53. The molecule has 10 nitrogen and oxygen atoms in total. The van der Waals surface area contributed by atoms with E-state index in [-0.39, 0.29) is 30.3 Å². The normalized spacial score (nSPS) is 12.6. The number of aliphatic hydroxyl groups excluding tert-OH is 1. The van der Waals surface area contributed by atoms with Gasteiger partial charge in [-0.15, -0.1) is 0 Å². The minimum Gasteiger partial charge on any atom is -0.491 e. The summed E-state index contributed by atoms with van der Waals surface area (Å²) in [6, 6.07) is 18.7. The molecule has 4 rings (SSSR count). The second-order valence-corrected chi connectivity index (χ2v) is 7.49. The number of aliphatic hydroxyl groups is 1. The maximum atomic E-state index is 12.6. The summed E-state index contributed by atoms with van der Waals surface area (Å²) in [6.07, 6.45) is -0.959. The Morgan fingerprint density at radius 2 is 1.82 bits per heavy atom. The topological polar surface area (TPSA) is 127 Å². The van der Waals surface area contributed by atoms with Gasteiger partial charge in [0.25, 0.3) is 5.56 Å². The van der Waals surface area contributed by atoms with Crippen molar-refractivity contribution < 1.29 is 9.84 Å². The van der Waals surface area contributed by atoms with Gasteiger partial charge in [0.1, 0.15) is 18.5 Å². The number of imidazole rings is 1. The monoisotopic (exact) mass is 448 g/mol. The number of hydrogen-bond acceptors (Lipinski definition) is 7. The van der Waals surface area contributed by atoms with Gasteiger partial charge < -0.3 is 14.4 Å². The van der Waals surface area contributed by atoms with Crippen LogP contribution in [0.4, 0.5) is 5.95 Å². The van der Waals surface area contributed by atoms with E-state index in [1.165, 1.54) is 16.2 Å². The molecule has 33 heavy (non-hydrogen) atoms. The zero-order valence-corrected chi connectivity index (χ0v) is 18.2. The van der Waals surface area contributed by atoms with Crippen molar-refractivity contribution in [2.75, 3.05) is 12.0 Å². The van der Waals surface area contributed by atoms with E-state index < -0.39 is 17.4 Å². The van der Waals surface area contributed by atoms with E-state index in [0.29, 0.717) is 11.5 Å². The lowest BCUT2D eigenvalue weighted by atomic mass is 10.1. The van der Waals surface area contributed by atoms with Crippen molar-refractivity contribution in [3.63, 3.8) is 0 Å². The molecule has 10 heteroatoms. The minimum atomic E-state index is -0.959. The minimum absolute atomic E-state index is 0.000886. The predicted molar refractivity (Wildman–Crippen MR) is 126 cm³/mol. The number of anilines is 1. The number of fused-ring (bicyclic) bond motifs is 1. The number of ether oxygens (including phenoxy) is 1. The van der Waals surface area contributed by atoms with Gasteiger partial charge in [0.05, 0.1) is 12.3 Å². The van der Waals surface area contributed by atoms with Crippen LogP contribution in [0, 0.1) is 0 Å². The van der Waals surface area contributed by atoms with E-state index in [1.807, 2.05) is 55.5 Å². The molecule has 2 aromatic heterocycles. The third kappa shape index (κ3) is 4.85. The molecule has 0 bridgehead atoms. The van der Waals surface area contributed by atoms with Crippen LogP contribution in [0.15, 0.2) is 75.4 Å². The van der Waals surface area contributed by atoms with Gasteiger partial charge in [-0.1, -0.05) is 48.5 Å². The van der Waals surface area contributed by atoms with Crippen LogP contribution in [0.1, 0.15) is 12.5 Å². The lowest BCUT2D eigenvalue weighted by molar-refractivity contribution is 0.0938. The number of benzene rings is 2. The van der Waals surface area contributed by atoms with Crippen molar-refractivity contribution in [1.29, 1.82) is 0 Å². The van der Waals surface area contributed by atoms with Crippen molar-refractivity contribution in [3.05, 3.63) is 87.1 Å². The summed E-state index contributed by atoms with van der Waals surface area (Å²) in [6.45, 7) is 1.83. The standard InChI is InChI=1S/C23H24N6O4/c1-15(16-9-5-3-6-10-16)26-27-22-24-20-19(21(31)25-23(32)28(20)2)29(22)13-17(30)14-33-18-11-7-4-8-12-18/h3-12,17,30H,13-14H2,1-2H3,(H,24,27)(H,25,31,32)/b26-15-. The summed E-state index contributed by atoms with van der Waals surface area (Å²) in [5, 5.41) is 15.0. The highest BCUT2D eigenvalue weighted by Gasteiger charge is 2.20. The fraction of sp³-hybridized carbons (Fsp3) is 0.217. The Morgan fingerprint density at radius 3 is 2.52 bits per heavy atom. The summed E-state index contributed by atoms with van der Waals surface area (Å²) in [7, 11) is 1.51. The van der Waals surface area contributed by atoms with Gasteiger partial charge in [0, 0.05) is 7.05 Å². The molecule has 0 spiro atoms. The van der Waals surface area contributed by atoms with Crippen molar-refractivity contribution >= 4 is 22.8 Å². The van der Waals surface area contributed by atoms with Crippen LogP contribution in [-0.2, 0) is 13.6 Å². The van der Waals surface area contributed by atoms with Crippen LogP contribution in [0.3, 0.4) is 0 Å². The molecule has 0 aliphatic heterocycles. The zero-order chi connectivity index (χ0) is 23.4. The number of H-pyrrole nitrogens is 1. The summed E-state index contributed by atoms with van der Waals surface area (Å²) < 4.78 is 8.35. The first kappa shape index (κ1) is 22.0.